The highest BCUT2D eigenvalue weighted by atomic mass is 79.9. The van der Waals surface area contributed by atoms with Gasteiger partial charge in [0, 0.05) is 23.1 Å². The number of Topliss-reactive ketones (excluding diaryl/α,β-unsaturated/α-hetero) is 1. The minimum atomic E-state index is 0.166. The van der Waals surface area contributed by atoms with Crippen LogP contribution in [0.2, 0.25) is 0 Å². The first-order valence-electron chi connectivity index (χ1n) is 6.32. The molecule has 0 aliphatic carbocycles. The fourth-order valence-corrected chi connectivity index (χ4v) is 2.65. The molecule has 1 atom stereocenters. The van der Waals surface area contributed by atoms with E-state index in [1.54, 1.807) is 0 Å². The third-order valence-corrected chi connectivity index (χ3v) is 3.91. The van der Waals surface area contributed by atoms with Crippen molar-refractivity contribution in [2.45, 2.75) is 19.4 Å². The Labute approximate surface area is 116 Å². The Morgan fingerprint density at radius 2 is 2.28 bits per heavy atom. The van der Waals surface area contributed by atoms with Crippen LogP contribution in [0, 0.1) is 0 Å². The van der Waals surface area contributed by atoms with Crippen LogP contribution >= 0.6 is 15.9 Å². The molecule has 4 heteroatoms. The maximum Gasteiger partial charge on any atom is 0.177 e. The normalized spacial score (nSPS) is 20.9. The van der Waals surface area contributed by atoms with Crippen molar-refractivity contribution in [3.05, 3.63) is 34.3 Å². The standard InChI is InChI=1S/C14H18BrNO2/c1-2-11-9-16(7-8-18-11)10-14(17)12-5-3-4-6-13(12)15/h3-6,11H,2,7-10H2,1H3. The molecule has 1 fully saturated rings. The second kappa shape index (κ2) is 6.45. The first-order valence-corrected chi connectivity index (χ1v) is 7.11. The van der Waals surface area contributed by atoms with Crippen LogP contribution in [0.4, 0.5) is 0 Å². The van der Waals surface area contributed by atoms with Crippen LogP contribution in [0.3, 0.4) is 0 Å². The fraction of sp³-hybridized carbons (Fsp3) is 0.500. The first kappa shape index (κ1) is 13.7. The van der Waals surface area contributed by atoms with Crippen molar-refractivity contribution in [2.24, 2.45) is 0 Å². The number of halogens is 1. The summed E-state index contributed by atoms with van der Waals surface area (Å²) in [7, 11) is 0. The predicted molar refractivity (Wildman–Crippen MR) is 74.9 cm³/mol. The van der Waals surface area contributed by atoms with Gasteiger partial charge >= 0.3 is 0 Å². The van der Waals surface area contributed by atoms with Crippen LogP contribution in [0.1, 0.15) is 23.7 Å². The smallest absolute Gasteiger partial charge is 0.177 e. The molecule has 1 aliphatic heterocycles. The van der Waals surface area contributed by atoms with Gasteiger partial charge in [-0.2, -0.15) is 0 Å². The van der Waals surface area contributed by atoms with Crippen LogP contribution in [0.15, 0.2) is 28.7 Å². The summed E-state index contributed by atoms with van der Waals surface area (Å²) in [5, 5.41) is 0. The predicted octanol–water partition coefficient (Wildman–Crippen LogP) is 2.74. The number of benzene rings is 1. The molecule has 2 rings (SSSR count). The van der Waals surface area contributed by atoms with Crippen LogP contribution < -0.4 is 0 Å². The molecule has 1 aromatic rings. The summed E-state index contributed by atoms with van der Waals surface area (Å²) in [5.41, 5.74) is 0.761. The van der Waals surface area contributed by atoms with Crippen LogP contribution in [-0.2, 0) is 4.74 Å². The van der Waals surface area contributed by atoms with E-state index in [0.29, 0.717) is 6.54 Å². The maximum atomic E-state index is 12.2. The zero-order chi connectivity index (χ0) is 13.0. The molecule has 1 saturated heterocycles. The van der Waals surface area contributed by atoms with E-state index in [0.717, 1.165) is 36.2 Å². The lowest BCUT2D eigenvalue weighted by molar-refractivity contribution is -0.0271. The minimum Gasteiger partial charge on any atom is -0.376 e. The first-order chi connectivity index (χ1) is 8.70. The van der Waals surface area contributed by atoms with Gasteiger partial charge in [0.25, 0.3) is 0 Å². The van der Waals surface area contributed by atoms with Crippen molar-refractivity contribution >= 4 is 21.7 Å². The zero-order valence-electron chi connectivity index (χ0n) is 10.6. The third-order valence-electron chi connectivity index (χ3n) is 3.22. The van der Waals surface area contributed by atoms with Gasteiger partial charge in [-0.3, -0.25) is 9.69 Å². The Morgan fingerprint density at radius 3 is 3.00 bits per heavy atom. The van der Waals surface area contributed by atoms with Crippen molar-refractivity contribution in [1.82, 2.24) is 4.90 Å². The van der Waals surface area contributed by atoms with Crippen molar-refractivity contribution in [3.63, 3.8) is 0 Å². The minimum absolute atomic E-state index is 0.166. The lowest BCUT2D eigenvalue weighted by atomic mass is 10.1. The van der Waals surface area contributed by atoms with Crippen molar-refractivity contribution in [3.8, 4) is 0 Å². The van der Waals surface area contributed by atoms with E-state index >= 15 is 0 Å². The number of rotatable bonds is 4. The van der Waals surface area contributed by atoms with Gasteiger partial charge in [0.1, 0.15) is 0 Å². The van der Waals surface area contributed by atoms with Gasteiger partial charge in [-0.25, -0.2) is 0 Å². The van der Waals surface area contributed by atoms with E-state index in [-0.39, 0.29) is 11.9 Å². The summed E-state index contributed by atoms with van der Waals surface area (Å²) in [6.45, 7) is 5.01. The molecule has 0 N–H and O–H groups in total. The number of nitrogens with zero attached hydrogens (tertiary/aromatic N) is 1. The van der Waals surface area contributed by atoms with Gasteiger partial charge in [0.15, 0.2) is 5.78 Å². The number of ether oxygens (including phenoxy) is 1. The average molecular weight is 312 g/mol. The Kier molecular flexibility index (Phi) is 4.92. The fourth-order valence-electron chi connectivity index (χ4n) is 2.15. The van der Waals surface area contributed by atoms with Gasteiger partial charge < -0.3 is 4.74 Å². The molecule has 0 saturated carbocycles. The zero-order valence-corrected chi connectivity index (χ0v) is 12.1. The van der Waals surface area contributed by atoms with Crippen LogP contribution in [0.5, 0.6) is 0 Å². The average Bonchev–Trinajstić information content (AvgIpc) is 2.39. The molecule has 0 aromatic heterocycles. The Balaban J connectivity index is 1.97. The van der Waals surface area contributed by atoms with Crippen molar-refractivity contribution < 1.29 is 9.53 Å². The molecule has 1 aromatic carbocycles. The molecular weight excluding hydrogens is 294 g/mol. The highest BCUT2D eigenvalue weighted by Gasteiger charge is 2.21. The molecule has 0 radical (unpaired) electrons. The van der Waals surface area contributed by atoms with Crippen LogP contribution in [-0.4, -0.2) is 43.0 Å². The molecule has 1 heterocycles. The summed E-state index contributed by atoms with van der Waals surface area (Å²) in [5.74, 6) is 0.166. The monoisotopic (exact) mass is 311 g/mol. The number of carbonyl (C=O) groups is 1. The van der Waals surface area contributed by atoms with E-state index < -0.39 is 0 Å². The van der Waals surface area contributed by atoms with E-state index in [1.165, 1.54) is 0 Å². The Hall–Kier alpha value is -0.710. The summed E-state index contributed by atoms with van der Waals surface area (Å²) in [6, 6.07) is 7.58. The second-order valence-electron chi connectivity index (χ2n) is 4.54. The summed E-state index contributed by atoms with van der Waals surface area (Å²) in [6.07, 6.45) is 1.27. The Morgan fingerprint density at radius 1 is 1.50 bits per heavy atom. The van der Waals surface area contributed by atoms with Gasteiger partial charge in [-0.15, -0.1) is 0 Å². The molecule has 1 aliphatic rings. The highest BCUT2D eigenvalue weighted by Crippen LogP contribution is 2.17. The third kappa shape index (κ3) is 3.40. The topological polar surface area (TPSA) is 29.5 Å². The van der Waals surface area contributed by atoms with E-state index in [9.17, 15) is 4.79 Å². The summed E-state index contributed by atoms with van der Waals surface area (Å²) in [4.78, 5) is 14.4. The number of morpholine rings is 1. The number of carbonyl (C=O) groups excluding carboxylic acids is 1. The summed E-state index contributed by atoms with van der Waals surface area (Å²) >= 11 is 3.42. The quantitative estimate of drug-likeness (QED) is 0.801. The van der Waals surface area contributed by atoms with Gasteiger partial charge in [0.2, 0.25) is 0 Å². The molecule has 0 amide bonds. The van der Waals surface area contributed by atoms with Crippen molar-refractivity contribution in [2.75, 3.05) is 26.2 Å². The molecule has 98 valence electrons. The molecule has 18 heavy (non-hydrogen) atoms. The molecule has 1 unspecified atom stereocenters. The highest BCUT2D eigenvalue weighted by molar-refractivity contribution is 9.10. The van der Waals surface area contributed by atoms with E-state index in [4.69, 9.17) is 4.74 Å². The van der Waals surface area contributed by atoms with Crippen LogP contribution in [0.25, 0.3) is 0 Å². The van der Waals surface area contributed by atoms with E-state index in [2.05, 4.69) is 27.8 Å². The summed E-state index contributed by atoms with van der Waals surface area (Å²) < 4.78 is 6.48. The molecule has 0 spiro atoms. The molecule has 0 bridgehead atoms. The SMILES string of the molecule is CCC1CN(CC(=O)c2ccccc2Br)CCO1. The largest absolute Gasteiger partial charge is 0.376 e. The van der Waals surface area contributed by atoms with Gasteiger partial charge in [-0.05, 0) is 12.5 Å². The number of hydrogen-bond donors (Lipinski definition) is 0. The Bertz CT molecular complexity index is 422. The second-order valence-corrected chi connectivity index (χ2v) is 5.39. The molecular formula is C14H18BrNO2. The van der Waals surface area contributed by atoms with E-state index in [1.807, 2.05) is 24.3 Å². The molecule has 3 nitrogen and oxygen atoms in total. The van der Waals surface area contributed by atoms with Gasteiger partial charge in [0.05, 0.1) is 19.3 Å². The lowest BCUT2D eigenvalue weighted by Crippen LogP contribution is -2.44. The van der Waals surface area contributed by atoms with Crippen molar-refractivity contribution in [1.29, 1.82) is 0 Å². The van der Waals surface area contributed by atoms with Gasteiger partial charge in [-0.1, -0.05) is 41.1 Å². The number of hydrogen-bond acceptors (Lipinski definition) is 3. The lowest BCUT2D eigenvalue weighted by Gasteiger charge is -2.31. The maximum absolute atomic E-state index is 12.2. The number of ketones is 1.